The van der Waals surface area contributed by atoms with Crippen LogP contribution in [0.25, 0.3) is 0 Å². The normalized spacial score (nSPS) is 17.7. The van der Waals surface area contributed by atoms with Gasteiger partial charge in [-0.1, -0.05) is 54.1 Å². The maximum atomic E-state index is 12.3. The monoisotopic (exact) mass is 560 g/mol. The highest BCUT2D eigenvalue weighted by atomic mass is 127. The van der Waals surface area contributed by atoms with Crippen molar-refractivity contribution >= 4 is 58.0 Å². The SMILES string of the molecule is CN=C(NCCS(=O)Cc1ccccc1)NC1CCCN(c2ccccc2Cl)C1.I. The molecule has 164 valence electrons. The average Bonchev–Trinajstić information content (AvgIpc) is 2.74. The third-order valence-electron chi connectivity index (χ3n) is 4.97. The zero-order valence-electron chi connectivity index (χ0n) is 17.2. The van der Waals surface area contributed by atoms with E-state index in [0.29, 0.717) is 24.1 Å². The second-order valence-electron chi connectivity index (χ2n) is 7.15. The third kappa shape index (κ3) is 7.74. The van der Waals surface area contributed by atoms with Gasteiger partial charge in [0.2, 0.25) is 0 Å². The van der Waals surface area contributed by atoms with Crippen LogP contribution in [0.3, 0.4) is 0 Å². The van der Waals surface area contributed by atoms with Gasteiger partial charge in [-0.3, -0.25) is 9.20 Å². The highest BCUT2D eigenvalue weighted by Gasteiger charge is 2.22. The Kier molecular flexibility index (Phi) is 11.0. The largest absolute Gasteiger partial charge is 0.368 e. The van der Waals surface area contributed by atoms with Gasteiger partial charge in [-0.15, -0.1) is 24.0 Å². The van der Waals surface area contributed by atoms with Gasteiger partial charge in [-0.25, -0.2) is 0 Å². The van der Waals surface area contributed by atoms with Gasteiger partial charge in [-0.05, 0) is 30.5 Å². The quantitative estimate of drug-likeness (QED) is 0.305. The van der Waals surface area contributed by atoms with E-state index in [1.807, 2.05) is 48.5 Å². The molecule has 0 amide bonds. The molecule has 0 aromatic heterocycles. The van der Waals surface area contributed by atoms with E-state index in [2.05, 4.69) is 26.6 Å². The lowest BCUT2D eigenvalue weighted by Crippen LogP contribution is -2.51. The predicted octanol–water partition coefficient (Wildman–Crippen LogP) is 4.04. The second kappa shape index (κ2) is 13.2. The van der Waals surface area contributed by atoms with Gasteiger partial charge in [0, 0.05) is 55.0 Å². The summed E-state index contributed by atoms with van der Waals surface area (Å²) < 4.78 is 12.3. The zero-order chi connectivity index (χ0) is 20.5. The van der Waals surface area contributed by atoms with E-state index in [4.69, 9.17) is 11.6 Å². The van der Waals surface area contributed by atoms with Crippen molar-refractivity contribution in [3.05, 3.63) is 65.2 Å². The van der Waals surface area contributed by atoms with E-state index in [-0.39, 0.29) is 24.0 Å². The fourth-order valence-corrected chi connectivity index (χ4v) is 4.82. The summed E-state index contributed by atoms with van der Waals surface area (Å²) in [4.78, 5) is 6.65. The van der Waals surface area contributed by atoms with Crippen LogP contribution in [0.1, 0.15) is 18.4 Å². The first-order valence-electron chi connectivity index (χ1n) is 10.0. The molecular weight excluding hydrogens is 531 g/mol. The Balaban J connectivity index is 0.00000320. The molecule has 0 radical (unpaired) electrons. The molecule has 1 aliphatic heterocycles. The lowest BCUT2D eigenvalue weighted by Gasteiger charge is -2.35. The maximum Gasteiger partial charge on any atom is 0.191 e. The molecule has 0 saturated carbocycles. The first-order valence-corrected chi connectivity index (χ1v) is 11.9. The van der Waals surface area contributed by atoms with Crippen LogP contribution in [0.2, 0.25) is 5.02 Å². The summed E-state index contributed by atoms with van der Waals surface area (Å²) in [5.74, 6) is 1.93. The van der Waals surface area contributed by atoms with Crippen molar-refractivity contribution in [2.45, 2.75) is 24.6 Å². The minimum absolute atomic E-state index is 0. The van der Waals surface area contributed by atoms with Crippen molar-refractivity contribution in [3.63, 3.8) is 0 Å². The number of hydrogen-bond acceptors (Lipinski definition) is 3. The van der Waals surface area contributed by atoms with Crippen LogP contribution in [-0.4, -0.2) is 48.6 Å². The van der Waals surface area contributed by atoms with Gasteiger partial charge >= 0.3 is 0 Å². The van der Waals surface area contributed by atoms with Gasteiger partial charge in [0.05, 0.1) is 10.7 Å². The molecule has 2 unspecified atom stereocenters. The molecule has 30 heavy (non-hydrogen) atoms. The summed E-state index contributed by atoms with van der Waals surface area (Å²) in [6.45, 7) is 2.51. The molecule has 2 atom stereocenters. The fourth-order valence-electron chi connectivity index (χ4n) is 3.53. The molecule has 0 aliphatic carbocycles. The van der Waals surface area contributed by atoms with Gasteiger partial charge in [-0.2, -0.15) is 0 Å². The summed E-state index contributed by atoms with van der Waals surface area (Å²) in [6.07, 6.45) is 2.18. The van der Waals surface area contributed by atoms with Crippen LogP contribution >= 0.6 is 35.6 Å². The van der Waals surface area contributed by atoms with Crippen molar-refractivity contribution in [3.8, 4) is 0 Å². The van der Waals surface area contributed by atoms with Gasteiger partial charge < -0.3 is 15.5 Å². The summed E-state index contributed by atoms with van der Waals surface area (Å²) in [6, 6.07) is 18.2. The molecule has 5 nitrogen and oxygen atoms in total. The maximum absolute atomic E-state index is 12.3. The Morgan fingerprint density at radius 3 is 2.67 bits per heavy atom. The van der Waals surface area contributed by atoms with Gasteiger partial charge in [0.15, 0.2) is 5.96 Å². The minimum Gasteiger partial charge on any atom is -0.368 e. The van der Waals surface area contributed by atoms with E-state index in [1.165, 1.54) is 0 Å². The van der Waals surface area contributed by atoms with Crippen LogP contribution in [0.15, 0.2) is 59.6 Å². The number of para-hydroxylation sites is 1. The van der Waals surface area contributed by atoms with Crippen molar-refractivity contribution in [2.24, 2.45) is 4.99 Å². The van der Waals surface area contributed by atoms with Crippen LogP contribution in [0, 0.1) is 0 Å². The average molecular weight is 561 g/mol. The molecule has 2 aromatic rings. The molecule has 2 N–H and O–H groups in total. The molecule has 8 heteroatoms. The van der Waals surface area contributed by atoms with Crippen molar-refractivity contribution in [1.82, 2.24) is 10.6 Å². The Bertz CT molecular complexity index is 837. The first-order chi connectivity index (χ1) is 14.2. The first kappa shape index (κ1) is 24.9. The molecule has 1 heterocycles. The van der Waals surface area contributed by atoms with Crippen molar-refractivity contribution < 1.29 is 4.21 Å². The fraction of sp³-hybridized carbons (Fsp3) is 0.409. The number of rotatable bonds is 7. The molecule has 1 fully saturated rings. The Morgan fingerprint density at radius 2 is 1.93 bits per heavy atom. The predicted molar refractivity (Wildman–Crippen MR) is 140 cm³/mol. The van der Waals surface area contributed by atoms with Crippen molar-refractivity contribution in [2.75, 3.05) is 37.3 Å². The van der Waals surface area contributed by atoms with Crippen molar-refractivity contribution in [1.29, 1.82) is 0 Å². The lowest BCUT2D eigenvalue weighted by atomic mass is 10.0. The topological polar surface area (TPSA) is 56.7 Å². The number of halogens is 2. The van der Waals surface area contributed by atoms with Gasteiger partial charge in [0.25, 0.3) is 0 Å². The molecule has 1 saturated heterocycles. The summed E-state index contributed by atoms with van der Waals surface area (Å²) in [5, 5.41) is 7.59. The second-order valence-corrected chi connectivity index (χ2v) is 9.14. The van der Waals surface area contributed by atoms with E-state index >= 15 is 0 Å². The van der Waals surface area contributed by atoms with E-state index < -0.39 is 10.8 Å². The molecule has 0 spiro atoms. The number of benzene rings is 2. The van der Waals surface area contributed by atoms with Crippen LogP contribution in [0.5, 0.6) is 0 Å². The Morgan fingerprint density at radius 1 is 1.20 bits per heavy atom. The van der Waals surface area contributed by atoms with E-state index in [0.717, 1.165) is 48.2 Å². The minimum atomic E-state index is -0.898. The molecule has 2 aromatic carbocycles. The zero-order valence-corrected chi connectivity index (χ0v) is 21.1. The Hall–Kier alpha value is -1.32. The Labute approximate surface area is 204 Å². The standard InChI is InChI=1S/C22H29ClN4OS.HI/c1-24-22(25-13-15-29(28)17-18-8-3-2-4-9-18)26-19-10-7-14-27(16-19)21-12-6-5-11-20(21)23;/h2-6,8-9,11-12,19H,7,10,13-17H2,1H3,(H2,24,25,26);1H. The van der Waals surface area contributed by atoms with Gasteiger partial charge in [0.1, 0.15) is 0 Å². The van der Waals surface area contributed by atoms with E-state index in [9.17, 15) is 4.21 Å². The third-order valence-corrected chi connectivity index (χ3v) is 6.61. The number of nitrogens with one attached hydrogen (secondary N) is 2. The molecule has 1 aliphatic rings. The molecule has 0 bridgehead atoms. The number of nitrogens with zero attached hydrogens (tertiary/aromatic N) is 2. The van der Waals surface area contributed by atoms with Crippen LogP contribution in [0.4, 0.5) is 5.69 Å². The summed E-state index contributed by atoms with van der Waals surface area (Å²) in [7, 11) is 0.871. The number of aliphatic imine (C=N–C) groups is 1. The smallest absolute Gasteiger partial charge is 0.191 e. The number of piperidine rings is 1. The van der Waals surface area contributed by atoms with Crippen LogP contribution in [-0.2, 0) is 16.6 Å². The highest BCUT2D eigenvalue weighted by Crippen LogP contribution is 2.27. The lowest BCUT2D eigenvalue weighted by molar-refractivity contribution is 0.468. The molecular formula is C22H30ClIN4OS. The number of anilines is 1. The van der Waals surface area contributed by atoms with Crippen LogP contribution < -0.4 is 15.5 Å². The highest BCUT2D eigenvalue weighted by molar-refractivity contribution is 14.0. The summed E-state index contributed by atoms with van der Waals surface area (Å²) >= 11 is 6.37. The molecule has 3 rings (SSSR count). The van der Waals surface area contributed by atoms with E-state index in [1.54, 1.807) is 7.05 Å². The number of hydrogen-bond donors (Lipinski definition) is 2. The number of guanidine groups is 1. The summed E-state index contributed by atoms with van der Waals surface area (Å²) in [5.41, 5.74) is 2.19.